The molecule has 1 saturated heterocycles. The van der Waals surface area contributed by atoms with Crippen LogP contribution in [0.25, 0.3) is 11.4 Å². The molecule has 3 amide bonds. The first-order valence-electron chi connectivity index (χ1n) is 11.2. The molecule has 33 heavy (non-hydrogen) atoms. The standard InChI is InChI=1S/C25H25FN4O3/c1-14-3-6-17(11-15(14)2)22-28-23(33-29-22)18-7-10-20-21(12-18)27-25(32)30(24(20)31)13-16-4-8-19(26)9-5-16/h3-6,8-9,11,18,20-21H,7,10,12-13H2,1-2H3,(H,27,32). The molecule has 1 N–H and O–H groups in total. The van der Waals surface area contributed by atoms with Gasteiger partial charge in [0.15, 0.2) is 0 Å². The fourth-order valence-electron chi connectivity index (χ4n) is 4.71. The highest BCUT2D eigenvalue weighted by atomic mass is 19.1. The Hall–Kier alpha value is -3.55. The lowest BCUT2D eigenvalue weighted by Gasteiger charge is -2.41. The van der Waals surface area contributed by atoms with Gasteiger partial charge in [-0.3, -0.25) is 9.69 Å². The molecule has 7 nitrogen and oxygen atoms in total. The van der Waals surface area contributed by atoms with Crippen molar-refractivity contribution in [3.63, 3.8) is 0 Å². The van der Waals surface area contributed by atoms with E-state index in [9.17, 15) is 14.0 Å². The van der Waals surface area contributed by atoms with Crippen LogP contribution < -0.4 is 5.32 Å². The molecule has 1 saturated carbocycles. The van der Waals surface area contributed by atoms with Gasteiger partial charge in [-0.1, -0.05) is 29.4 Å². The summed E-state index contributed by atoms with van der Waals surface area (Å²) in [5.74, 6) is 0.236. The second-order valence-corrected chi connectivity index (χ2v) is 8.98. The number of benzene rings is 2. The van der Waals surface area contributed by atoms with Crippen molar-refractivity contribution < 1.29 is 18.5 Å². The molecular weight excluding hydrogens is 423 g/mol. The molecule has 2 heterocycles. The highest BCUT2D eigenvalue weighted by molar-refractivity contribution is 5.98. The second kappa shape index (κ2) is 8.42. The summed E-state index contributed by atoms with van der Waals surface area (Å²) in [7, 11) is 0. The topological polar surface area (TPSA) is 88.3 Å². The normalized spacial score (nSPS) is 22.8. The van der Waals surface area contributed by atoms with Gasteiger partial charge in [0.2, 0.25) is 17.6 Å². The van der Waals surface area contributed by atoms with Crippen molar-refractivity contribution in [2.75, 3.05) is 0 Å². The highest BCUT2D eigenvalue weighted by Gasteiger charge is 2.45. The van der Waals surface area contributed by atoms with Crippen LogP contribution >= 0.6 is 0 Å². The van der Waals surface area contributed by atoms with Crippen molar-refractivity contribution in [3.05, 3.63) is 70.9 Å². The first-order chi connectivity index (χ1) is 15.9. The monoisotopic (exact) mass is 448 g/mol. The van der Waals surface area contributed by atoms with E-state index in [-0.39, 0.29) is 36.1 Å². The SMILES string of the molecule is Cc1ccc(-c2noc(C3CCC4C(=O)N(Cc5ccc(F)cc5)C(=O)NC4C3)n2)cc1C. The largest absolute Gasteiger partial charge is 0.339 e. The summed E-state index contributed by atoms with van der Waals surface area (Å²) < 4.78 is 18.7. The third kappa shape index (κ3) is 4.13. The van der Waals surface area contributed by atoms with Crippen molar-refractivity contribution in [3.8, 4) is 11.4 Å². The van der Waals surface area contributed by atoms with E-state index < -0.39 is 6.03 Å². The van der Waals surface area contributed by atoms with Gasteiger partial charge in [-0.05, 0) is 68.0 Å². The van der Waals surface area contributed by atoms with Gasteiger partial charge in [-0.15, -0.1) is 0 Å². The molecule has 0 bridgehead atoms. The minimum atomic E-state index is -0.424. The molecule has 2 aromatic carbocycles. The third-order valence-electron chi connectivity index (χ3n) is 6.80. The van der Waals surface area contributed by atoms with Gasteiger partial charge in [0, 0.05) is 17.5 Å². The average Bonchev–Trinajstić information content (AvgIpc) is 3.30. The van der Waals surface area contributed by atoms with Gasteiger partial charge < -0.3 is 9.84 Å². The van der Waals surface area contributed by atoms with Crippen molar-refractivity contribution in [1.82, 2.24) is 20.4 Å². The molecule has 3 unspecified atom stereocenters. The van der Waals surface area contributed by atoms with Gasteiger partial charge in [0.1, 0.15) is 5.82 Å². The van der Waals surface area contributed by atoms with Gasteiger partial charge >= 0.3 is 6.03 Å². The van der Waals surface area contributed by atoms with E-state index >= 15 is 0 Å². The van der Waals surface area contributed by atoms with E-state index in [0.717, 1.165) is 17.5 Å². The lowest BCUT2D eigenvalue weighted by Crippen LogP contribution is -2.60. The van der Waals surface area contributed by atoms with Gasteiger partial charge in [-0.25, -0.2) is 9.18 Å². The maximum absolute atomic E-state index is 13.2. The molecule has 8 heteroatoms. The highest BCUT2D eigenvalue weighted by Crippen LogP contribution is 2.38. The Kier molecular flexibility index (Phi) is 5.44. The summed E-state index contributed by atoms with van der Waals surface area (Å²) in [6, 6.07) is 11.2. The number of fused-ring (bicyclic) bond motifs is 1. The summed E-state index contributed by atoms with van der Waals surface area (Å²) in [5, 5.41) is 7.14. The quantitative estimate of drug-likeness (QED) is 0.635. The molecule has 3 aromatic rings. The van der Waals surface area contributed by atoms with E-state index in [0.29, 0.717) is 30.1 Å². The van der Waals surface area contributed by atoms with Crippen LogP contribution in [0.4, 0.5) is 9.18 Å². The fourth-order valence-corrected chi connectivity index (χ4v) is 4.71. The summed E-state index contributed by atoms with van der Waals surface area (Å²) >= 11 is 0. The van der Waals surface area contributed by atoms with E-state index in [1.54, 1.807) is 12.1 Å². The first-order valence-corrected chi connectivity index (χ1v) is 11.2. The van der Waals surface area contributed by atoms with E-state index in [1.165, 1.54) is 22.6 Å². The van der Waals surface area contributed by atoms with Crippen LogP contribution in [-0.4, -0.2) is 33.0 Å². The molecule has 5 rings (SSSR count). The van der Waals surface area contributed by atoms with Crippen LogP contribution in [0.15, 0.2) is 47.0 Å². The maximum atomic E-state index is 13.2. The van der Waals surface area contributed by atoms with Crippen molar-refractivity contribution in [1.29, 1.82) is 0 Å². The van der Waals surface area contributed by atoms with Gasteiger partial charge in [0.25, 0.3) is 0 Å². The number of nitrogens with one attached hydrogen (secondary N) is 1. The lowest BCUT2D eigenvalue weighted by molar-refractivity contribution is -0.137. The summed E-state index contributed by atoms with van der Waals surface area (Å²) in [6.07, 6.45) is 1.92. The number of nitrogens with zero attached hydrogens (tertiary/aromatic N) is 3. The van der Waals surface area contributed by atoms with Crippen LogP contribution in [0.3, 0.4) is 0 Å². The Labute approximate surface area is 191 Å². The molecule has 0 spiro atoms. The predicted molar refractivity (Wildman–Crippen MR) is 119 cm³/mol. The fraction of sp³-hybridized carbons (Fsp3) is 0.360. The molecule has 2 fully saturated rings. The number of carbonyl (C=O) groups is 2. The maximum Gasteiger partial charge on any atom is 0.324 e. The average molecular weight is 448 g/mol. The first kappa shape index (κ1) is 21.3. The van der Waals surface area contributed by atoms with Gasteiger partial charge in [-0.2, -0.15) is 4.98 Å². The third-order valence-corrected chi connectivity index (χ3v) is 6.80. The zero-order valence-corrected chi connectivity index (χ0v) is 18.5. The zero-order valence-electron chi connectivity index (χ0n) is 18.5. The predicted octanol–water partition coefficient (Wildman–Crippen LogP) is 4.50. The zero-order chi connectivity index (χ0) is 23.1. The van der Waals surface area contributed by atoms with Crippen LogP contribution in [0.1, 0.15) is 47.8 Å². The number of carbonyl (C=O) groups excluding carboxylic acids is 2. The summed E-state index contributed by atoms with van der Waals surface area (Å²) in [4.78, 5) is 31.6. The summed E-state index contributed by atoms with van der Waals surface area (Å²) in [6.45, 7) is 4.23. The van der Waals surface area contributed by atoms with Crippen molar-refractivity contribution >= 4 is 11.9 Å². The van der Waals surface area contributed by atoms with E-state index in [4.69, 9.17) is 4.52 Å². The number of halogens is 1. The van der Waals surface area contributed by atoms with Crippen LogP contribution in [0.5, 0.6) is 0 Å². The van der Waals surface area contributed by atoms with Gasteiger partial charge in [0.05, 0.1) is 12.5 Å². The Bertz CT molecular complexity index is 1210. The number of imide groups is 1. The Morgan fingerprint density at radius 2 is 1.88 bits per heavy atom. The smallest absolute Gasteiger partial charge is 0.324 e. The number of amides is 3. The number of aromatic nitrogens is 2. The molecule has 1 aliphatic heterocycles. The molecule has 170 valence electrons. The minimum absolute atomic E-state index is 0.0178. The summed E-state index contributed by atoms with van der Waals surface area (Å²) in [5.41, 5.74) is 3.97. The molecular formula is C25H25FN4O3. The molecule has 3 atom stereocenters. The number of hydrogen-bond acceptors (Lipinski definition) is 5. The second-order valence-electron chi connectivity index (χ2n) is 8.98. The van der Waals surface area contributed by atoms with Crippen LogP contribution in [0.2, 0.25) is 0 Å². The minimum Gasteiger partial charge on any atom is -0.339 e. The lowest BCUT2D eigenvalue weighted by atomic mass is 9.76. The van der Waals surface area contributed by atoms with Crippen LogP contribution in [0, 0.1) is 25.6 Å². The molecule has 2 aliphatic rings. The number of hydrogen-bond donors (Lipinski definition) is 1. The number of rotatable bonds is 4. The Morgan fingerprint density at radius 1 is 1.09 bits per heavy atom. The Balaban J connectivity index is 1.28. The number of urea groups is 1. The van der Waals surface area contributed by atoms with Crippen molar-refractivity contribution in [2.45, 2.75) is 51.6 Å². The molecule has 0 radical (unpaired) electrons. The van der Waals surface area contributed by atoms with Crippen LogP contribution in [-0.2, 0) is 11.3 Å². The van der Waals surface area contributed by atoms with E-state index in [1.807, 2.05) is 25.1 Å². The molecule has 1 aromatic heterocycles. The van der Waals surface area contributed by atoms with Crippen molar-refractivity contribution in [2.24, 2.45) is 5.92 Å². The molecule has 1 aliphatic carbocycles. The van der Waals surface area contributed by atoms with E-state index in [2.05, 4.69) is 22.4 Å². The Morgan fingerprint density at radius 3 is 2.64 bits per heavy atom. The number of aryl methyl sites for hydroxylation is 2.